The van der Waals surface area contributed by atoms with E-state index >= 15 is 0 Å². The van der Waals surface area contributed by atoms with Crippen molar-refractivity contribution >= 4 is 10.3 Å². The molecule has 1 aliphatic heterocycles. The Morgan fingerprint density at radius 1 is 1.17 bits per heavy atom. The molecule has 1 aromatic carbocycles. The van der Waals surface area contributed by atoms with Crippen molar-refractivity contribution in [3.8, 4) is 0 Å². The van der Waals surface area contributed by atoms with Crippen LogP contribution in [-0.2, 0) is 19.2 Å². The van der Waals surface area contributed by atoms with Crippen LogP contribution in [0.5, 0.6) is 0 Å². The first kappa shape index (κ1) is 16.9. The molecule has 0 unspecified atom stereocenters. The van der Waals surface area contributed by atoms with Gasteiger partial charge in [0.1, 0.15) is 0 Å². The second-order valence-corrected chi connectivity index (χ2v) is 7.98. The molecule has 2 aliphatic rings. The molecule has 5 nitrogen and oxygen atoms in total. The van der Waals surface area contributed by atoms with E-state index in [-0.39, 0.29) is 24.2 Å². The van der Waals surface area contributed by atoms with Gasteiger partial charge in [-0.3, -0.25) is 4.18 Å². The fourth-order valence-corrected chi connectivity index (χ4v) is 4.40. The van der Waals surface area contributed by atoms with Crippen molar-refractivity contribution in [3.05, 3.63) is 35.9 Å². The molecule has 1 aliphatic carbocycles. The summed E-state index contributed by atoms with van der Waals surface area (Å²) in [6, 6.07) is 10.2. The molecule has 1 saturated carbocycles. The van der Waals surface area contributed by atoms with E-state index < -0.39 is 10.3 Å². The highest BCUT2D eigenvalue weighted by Crippen LogP contribution is 2.51. The first-order valence-electron chi connectivity index (χ1n) is 8.37. The van der Waals surface area contributed by atoms with Gasteiger partial charge < -0.3 is 4.74 Å². The normalized spacial score (nSPS) is 27.3. The largest absolute Gasteiger partial charge is 0.367 e. The predicted molar refractivity (Wildman–Crippen MR) is 87.9 cm³/mol. The molecular weight excluding hydrogens is 314 g/mol. The minimum atomic E-state index is -3.87. The summed E-state index contributed by atoms with van der Waals surface area (Å²) in [6.07, 6.45) is 7.52. The molecule has 3 rings (SSSR count). The maximum Gasteiger partial charge on any atom is 0.333 e. The first-order valence-corrected chi connectivity index (χ1v) is 9.85. The van der Waals surface area contributed by atoms with Gasteiger partial charge in [-0.2, -0.15) is 8.42 Å². The Morgan fingerprint density at radius 2 is 1.87 bits per heavy atom. The average Bonchev–Trinajstić information content (AvgIpc) is 2.86. The number of benzene rings is 1. The van der Waals surface area contributed by atoms with Crippen LogP contribution >= 0.6 is 0 Å². The van der Waals surface area contributed by atoms with Crippen LogP contribution < -0.4 is 5.14 Å². The minimum absolute atomic E-state index is 0.0124. The lowest BCUT2D eigenvalue weighted by molar-refractivity contribution is -0.0685. The van der Waals surface area contributed by atoms with Gasteiger partial charge in [-0.15, -0.1) is 0 Å². The Labute approximate surface area is 138 Å². The zero-order valence-electron chi connectivity index (χ0n) is 13.3. The summed E-state index contributed by atoms with van der Waals surface area (Å²) in [6.45, 7) is 0.117. The van der Waals surface area contributed by atoms with Gasteiger partial charge in [-0.25, -0.2) is 5.14 Å². The molecule has 0 bridgehead atoms. The van der Waals surface area contributed by atoms with Crippen LogP contribution in [-0.4, -0.2) is 20.6 Å². The van der Waals surface area contributed by atoms with Gasteiger partial charge in [0, 0.05) is 0 Å². The Kier molecular flexibility index (Phi) is 5.06. The highest BCUT2D eigenvalue weighted by atomic mass is 32.2. The maximum absolute atomic E-state index is 11.0. The fourth-order valence-electron chi connectivity index (χ4n) is 4.07. The van der Waals surface area contributed by atoms with E-state index in [2.05, 4.69) is 12.1 Å². The fraction of sp³-hybridized carbons (Fsp3) is 0.647. The SMILES string of the molecule is NS(=O)(=O)OCC[C@@H]1CC2(CCCCC2)O[C@H]1c1ccccc1. The zero-order chi connectivity index (χ0) is 16.3. The van der Waals surface area contributed by atoms with Gasteiger partial charge >= 0.3 is 10.3 Å². The molecule has 1 saturated heterocycles. The molecule has 2 atom stereocenters. The molecule has 2 fully saturated rings. The van der Waals surface area contributed by atoms with Crippen molar-refractivity contribution in [2.45, 2.75) is 56.7 Å². The summed E-state index contributed by atoms with van der Waals surface area (Å²) in [5.41, 5.74) is 1.13. The van der Waals surface area contributed by atoms with Crippen molar-refractivity contribution in [3.63, 3.8) is 0 Å². The highest BCUT2D eigenvalue weighted by Gasteiger charge is 2.46. The summed E-state index contributed by atoms with van der Waals surface area (Å²) < 4.78 is 33.2. The van der Waals surface area contributed by atoms with Crippen molar-refractivity contribution in [1.82, 2.24) is 0 Å². The summed E-state index contributed by atoms with van der Waals surface area (Å²) in [5, 5.41) is 4.92. The molecule has 0 amide bonds. The van der Waals surface area contributed by atoms with Gasteiger partial charge in [0.15, 0.2) is 0 Å². The van der Waals surface area contributed by atoms with E-state index in [4.69, 9.17) is 14.1 Å². The number of ether oxygens (including phenoxy) is 1. The number of hydrogen-bond acceptors (Lipinski definition) is 4. The molecule has 0 radical (unpaired) electrons. The Morgan fingerprint density at radius 3 is 2.52 bits per heavy atom. The molecule has 128 valence electrons. The number of hydrogen-bond donors (Lipinski definition) is 1. The van der Waals surface area contributed by atoms with E-state index in [1.807, 2.05) is 18.2 Å². The van der Waals surface area contributed by atoms with Crippen molar-refractivity contribution in [2.24, 2.45) is 11.1 Å². The van der Waals surface area contributed by atoms with Gasteiger partial charge in [0.05, 0.1) is 18.3 Å². The molecule has 1 heterocycles. The third kappa shape index (κ3) is 4.32. The van der Waals surface area contributed by atoms with Gasteiger partial charge in [0.25, 0.3) is 0 Å². The molecule has 1 aromatic rings. The second kappa shape index (κ2) is 6.89. The summed E-state index contributed by atoms with van der Waals surface area (Å²) >= 11 is 0. The van der Waals surface area contributed by atoms with Gasteiger partial charge in [0.2, 0.25) is 0 Å². The van der Waals surface area contributed by atoms with Crippen LogP contribution in [0.1, 0.15) is 56.6 Å². The summed E-state index contributed by atoms with van der Waals surface area (Å²) in [7, 11) is -3.87. The quantitative estimate of drug-likeness (QED) is 0.894. The Balaban J connectivity index is 1.73. The van der Waals surface area contributed by atoms with E-state index in [9.17, 15) is 8.42 Å². The molecule has 0 aromatic heterocycles. The standard InChI is InChI=1S/C17H25NO4S/c18-23(19,20)21-12-9-15-13-17(10-5-2-6-11-17)22-16(15)14-7-3-1-4-8-14/h1,3-4,7-8,15-16H,2,5-6,9-13H2,(H2,18,19,20)/t15-,16+/m1/s1. The highest BCUT2D eigenvalue weighted by molar-refractivity contribution is 7.84. The second-order valence-electron chi connectivity index (χ2n) is 6.76. The minimum Gasteiger partial charge on any atom is -0.367 e. The van der Waals surface area contributed by atoms with Crippen LogP contribution in [0, 0.1) is 5.92 Å². The van der Waals surface area contributed by atoms with Gasteiger partial charge in [-0.05, 0) is 37.2 Å². The third-order valence-corrected chi connectivity index (χ3v) is 5.56. The lowest BCUT2D eigenvalue weighted by atomic mass is 9.79. The van der Waals surface area contributed by atoms with Crippen LogP contribution in [0.3, 0.4) is 0 Å². The monoisotopic (exact) mass is 339 g/mol. The molecular formula is C17H25NO4S. The van der Waals surface area contributed by atoms with Crippen LogP contribution in [0.2, 0.25) is 0 Å². The summed E-state index contributed by atoms with van der Waals surface area (Å²) in [5.74, 6) is 0.261. The van der Waals surface area contributed by atoms with E-state index in [1.165, 1.54) is 19.3 Å². The van der Waals surface area contributed by atoms with Crippen molar-refractivity contribution < 1.29 is 17.3 Å². The number of rotatable bonds is 5. The molecule has 2 N–H and O–H groups in total. The van der Waals surface area contributed by atoms with E-state index in [0.29, 0.717) is 6.42 Å². The number of nitrogens with two attached hydrogens (primary N) is 1. The third-order valence-electron chi connectivity index (χ3n) is 5.07. The Bertz CT molecular complexity index is 611. The lowest BCUT2D eigenvalue weighted by Gasteiger charge is -2.33. The molecule has 1 spiro atoms. The van der Waals surface area contributed by atoms with E-state index in [1.54, 1.807) is 0 Å². The molecule has 23 heavy (non-hydrogen) atoms. The van der Waals surface area contributed by atoms with Crippen LogP contribution in [0.15, 0.2) is 30.3 Å². The Hall–Kier alpha value is -0.950. The maximum atomic E-state index is 11.0. The van der Waals surface area contributed by atoms with Crippen LogP contribution in [0.4, 0.5) is 0 Å². The predicted octanol–water partition coefficient (Wildman–Crippen LogP) is 3.08. The molecule has 6 heteroatoms. The van der Waals surface area contributed by atoms with Crippen molar-refractivity contribution in [2.75, 3.05) is 6.61 Å². The topological polar surface area (TPSA) is 78.6 Å². The summed E-state index contributed by atoms with van der Waals surface area (Å²) in [4.78, 5) is 0. The van der Waals surface area contributed by atoms with Gasteiger partial charge in [-0.1, -0.05) is 49.6 Å². The van der Waals surface area contributed by atoms with Crippen molar-refractivity contribution in [1.29, 1.82) is 0 Å². The zero-order valence-corrected chi connectivity index (χ0v) is 14.1. The van der Waals surface area contributed by atoms with Crippen LogP contribution in [0.25, 0.3) is 0 Å². The smallest absolute Gasteiger partial charge is 0.333 e. The average molecular weight is 339 g/mol. The lowest BCUT2D eigenvalue weighted by Crippen LogP contribution is -2.30. The first-order chi connectivity index (χ1) is 11.0. The van der Waals surface area contributed by atoms with E-state index in [0.717, 1.165) is 24.8 Å².